The lowest BCUT2D eigenvalue weighted by atomic mass is 10.00. The maximum Gasteiger partial charge on any atom is 0.224 e. The number of para-hydroxylation sites is 1. The van der Waals surface area contributed by atoms with E-state index in [2.05, 4.69) is 58.6 Å². The highest BCUT2D eigenvalue weighted by molar-refractivity contribution is 6.27. The molecular formula is C23H16FN2+. The topological polar surface area (TPSA) is 8.29 Å². The number of nitrogens with zero attached hydrogens (tertiary/aromatic N) is 2. The molecule has 2 nitrogen and oxygen atoms in total. The summed E-state index contributed by atoms with van der Waals surface area (Å²) < 4.78 is 18.8. The zero-order chi connectivity index (χ0) is 17.6. The van der Waals surface area contributed by atoms with Gasteiger partial charge in [-0.15, -0.1) is 0 Å². The molecule has 0 aliphatic heterocycles. The molecule has 3 aromatic heterocycles. The average molecular weight is 339 g/mol. The molecule has 0 unspecified atom stereocenters. The molecule has 3 heteroatoms. The Morgan fingerprint density at radius 1 is 0.885 bits per heavy atom. The van der Waals surface area contributed by atoms with Crippen LogP contribution in [0.3, 0.4) is 0 Å². The molecule has 6 rings (SSSR count). The quantitative estimate of drug-likeness (QED) is 0.203. The smallest absolute Gasteiger partial charge is 0.224 e. The van der Waals surface area contributed by atoms with Gasteiger partial charge in [-0.3, -0.25) is 0 Å². The third-order valence-electron chi connectivity index (χ3n) is 5.69. The largest absolute Gasteiger partial charge is 0.307 e. The summed E-state index contributed by atoms with van der Waals surface area (Å²) in [6, 6.07) is 18.2. The van der Waals surface area contributed by atoms with Crippen LogP contribution >= 0.6 is 0 Å². The summed E-state index contributed by atoms with van der Waals surface area (Å²) in [7, 11) is 2.07. The third kappa shape index (κ3) is 1.50. The Morgan fingerprint density at radius 2 is 1.73 bits per heavy atom. The highest BCUT2D eigenvalue weighted by Crippen LogP contribution is 2.40. The van der Waals surface area contributed by atoms with Crippen molar-refractivity contribution in [2.75, 3.05) is 0 Å². The summed E-state index contributed by atoms with van der Waals surface area (Å²) >= 11 is 0. The van der Waals surface area contributed by atoms with Crippen molar-refractivity contribution < 1.29 is 8.96 Å². The first-order chi connectivity index (χ1) is 12.6. The zero-order valence-corrected chi connectivity index (χ0v) is 14.5. The van der Waals surface area contributed by atoms with E-state index in [4.69, 9.17) is 0 Å². The van der Waals surface area contributed by atoms with Crippen LogP contribution in [0.5, 0.6) is 0 Å². The second-order valence-electron chi connectivity index (χ2n) is 7.17. The molecule has 0 amide bonds. The van der Waals surface area contributed by atoms with E-state index in [1.807, 2.05) is 13.0 Å². The van der Waals surface area contributed by atoms with Gasteiger partial charge in [-0.05, 0) is 36.1 Å². The van der Waals surface area contributed by atoms with Gasteiger partial charge in [0, 0.05) is 16.8 Å². The van der Waals surface area contributed by atoms with Crippen LogP contribution in [-0.2, 0) is 7.05 Å². The Hall–Kier alpha value is -3.20. The van der Waals surface area contributed by atoms with Crippen LogP contribution in [0.15, 0.2) is 60.8 Å². The molecule has 3 aromatic carbocycles. The monoisotopic (exact) mass is 339 g/mol. The molecule has 0 radical (unpaired) electrons. The molecule has 0 spiro atoms. The van der Waals surface area contributed by atoms with E-state index in [1.54, 1.807) is 12.1 Å². The molecule has 0 fully saturated rings. The minimum atomic E-state index is -0.193. The fourth-order valence-electron chi connectivity index (χ4n) is 4.67. The minimum absolute atomic E-state index is 0.193. The SMILES string of the molecule is Cc1cc(F)cc2c1c1c3c(ccc4c5ccccc5n2c43)cc[n+]1C. The van der Waals surface area contributed by atoms with Crippen molar-refractivity contribution in [2.24, 2.45) is 7.05 Å². The van der Waals surface area contributed by atoms with Gasteiger partial charge < -0.3 is 4.40 Å². The lowest BCUT2D eigenvalue weighted by molar-refractivity contribution is -0.643. The van der Waals surface area contributed by atoms with Gasteiger partial charge in [-0.2, -0.15) is 0 Å². The Morgan fingerprint density at radius 3 is 2.62 bits per heavy atom. The van der Waals surface area contributed by atoms with Crippen molar-refractivity contribution in [1.29, 1.82) is 0 Å². The van der Waals surface area contributed by atoms with Crippen molar-refractivity contribution >= 4 is 49.0 Å². The van der Waals surface area contributed by atoms with Crippen LogP contribution in [0.1, 0.15) is 5.56 Å². The molecule has 0 bridgehead atoms. The lowest BCUT2D eigenvalue weighted by Gasteiger charge is -2.12. The molecule has 124 valence electrons. The first-order valence-electron chi connectivity index (χ1n) is 8.80. The first kappa shape index (κ1) is 14.0. The standard InChI is InChI=1S/C23H16FN2/c1-13-11-15(24)12-19-20(13)23-21-14(9-10-25(23)2)7-8-17-16-5-3-4-6-18(16)26(19)22(17)21/h3-12H,1-2H3/q+1. The summed E-state index contributed by atoms with van der Waals surface area (Å²) in [6.45, 7) is 2.00. The fourth-order valence-corrected chi connectivity index (χ4v) is 4.67. The van der Waals surface area contributed by atoms with Crippen molar-refractivity contribution in [1.82, 2.24) is 4.40 Å². The molecule has 0 saturated heterocycles. The van der Waals surface area contributed by atoms with E-state index < -0.39 is 0 Å². The number of aromatic nitrogens is 2. The molecule has 0 N–H and O–H groups in total. The number of rotatable bonds is 0. The Bertz CT molecular complexity index is 1510. The maximum atomic E-state index is 14.4. The van der Waals surface area contributed by atoms with Crippen molar-refractivity contribution in [3.63, 3.8) is 0 Å². The van der Waals surface area contributed by atoms with E-state index in [0.29, 0.717) is 0 Å². The number of benzene rings is 3. The first-order valence-corrected chi connectivity index (χ1v) is 8.80. The summed E-state index contributed by atoms with van der Waals surface area (Å²) in [5, 5.41) is 5.99. The van der Waals surface area contributed by atoms with Gasteiger partial charge in [0.1, 0.15) is 12.9 Å². The Kier molecular flexibility index (Phi) is 2.42. The van der Waals surface area contributed by atoms with Crippen LogP contribution in [-0.4, -0.2) is 4.40 Å². The van der Waals surface area contributed by atoms with Crippen LogP contribution in [0.2, 0.25) is 0 Å². The molecular weight excluding hydrogens is 323 g/mol. The Balaban J connectivity index is 2.17. The minimum Gasteiger partial charge on any atom is -0.307 e. The number of fused-ring (bicyclic) bond motifs is 6. The van der Waals surface area contributed by atoms with Gasteiger partial charge in [0.05, 0.1) is 27.3 Å². The molecule has 3 heterocycles. The summed E-state index contributed by atoms with van der Waals surface area (Å²) in [5.41, 5.74) is 5.35. The number of pyridine rings is 2. The molecule has 0 aliphatic carbocycles. The van der Waals surface area contributed by atoms with E-state index >= 15 is 0 Å². The maximum absolute atomic E-state index is 14.4. The van der Waals surface area contributed by atoms with Crippen LogP contribution < -0.4 is 4.57 Å². The second kappa shape index (κ2) is 4.50. The van der Waals surface area contributed by atoms with Gasteiger partial charge in [0.2, 0.25) is 5.52 Å². The molecule has 0 atom stereocenters. The van der Waals surface area contributed by atoms with Crippen LogP contribution in [0, 0.1) is 12.7 Å². The van der Waals surface area contributed by atoms with E-state index in [-0.39, 0.29) is 5.82 Å². The number of aryl methyl sites for hydroxylation is 2. The Labute approximate surface area is 149 Å². The number of hydrogen-bond donors (Lipinski definition) is 0. The second-order valence-corrected chi connectivity index (χ2v) is 7.17. The van der Waals surface area contributed by atoms with E-state index in [0.717, 1.165) is 27.5 Å². The lowest BCUT2D eigenvalue weighted by Crippen LogP contribution is -2.28. The van der Waals surface area contributed by atoms with Gasteiger partial charge in [0.25, 0.3) is 0 Å². The van der Waals surface area contributed by atoms with Crippen LogP contribution in [0.4, 0.5) is 4.39 Å². The van der Waals surface area contributed by atoms with Gasteiger partial charge in [-0.1, -0.05) is 30.3 Å². The highest BCUT2D eigenvalue weighted by atomic mass is 19.1. The predicted octanol–water partition coefficient (Wildman–Crippen LogP) is 5.26. The van der Waals surface area contributed by atoms with Gasteiger partial charge >= 0.3 is 0 Å². The summed E-state index contributed by atoms with van der Waals surface area (Å²) in [4.78, 5) is 0. The third-order valence-corrected chi connectivity index (χ3v) is 5.69. The van der Waals surface area contributed by atoms with E-state index in [9.17, 15) is 4.39 Å². The average Bonchev–Trinajstić information content (AvgIpc) is 2.97. The molecule has 0 saturated carbocycles. The van der Waals surface area contributed by atoms with Crippen molar-refractivity contribution in [3.8, 4) is 0 Å². The number of hydrogen-bond acceptors (Lipinski definition) is 0. The number of halogens is 1. The predicted molar refractivity (Wildman–Crippen MR) is 104 cm³/mol. The highest BCUT2D eigenvalue weighted by Gasteiger charge is 2.23. The molecule has 26 heavy (non-hydrogen) atoms. The van der Waals surface area contributed by atoms with Gasteiger partial charge in [-0.25, -0.2) is 8.96 Å². The normalized spacial score (nSPS) is 12.4. The van der Waals surface area contributed by atoms with Crippen molar-refractivity contribution in [3.05, 3.63) is 72.2 Å². The summed E-state index contributed by atoms with van der Waals surface area (Å²) in [6.07, 6.45) is 2.09. The van der Waals surface area contributed by atoms with Crippen LogP contribution in [0.25, 0.3) is 49.0 Å². The molecule has 0 aliphatic rings. The van der Waals surface area contributed by atoms with Gasteiger partial charge in [0.15, 0.2) is 6.20 Å². The zero-order valence-electron chi connectivity index (χ0n) is 14.5. The van der Waals surface area contributed by atoms with Crippen molar-refractivity contribution in [2.45, 2.75) is 6.92 Å². The fraction of sp³-hybridized carbons (Fsp3) is 0.0870. The van der Waals surface area contributed by atoms with E-state index in [1.165, 1.54) is 27.1 Å². The summed E-state index contributed by atoms with van der Waals surface area (Å²) in [5.74, 6) is -0.193. The molecule has 6 aromatic rings.